The largest absolute Gasteiger partial charge is 0.497 e. The molecule has 0 saturated heterocycles. The Morgan fingerprint density at radius 3 is 2.32 bits per heavy atom. The van der Waals surface area contributed by atoms with Gasteiger partial charge in [-0.25, -0.2) is 9.97 Å². The van der Waals surface area contributed by atoms with Crippen molar-refractivity contribution in [2.45, 2.75) is 40.5 Å². The van der Waals surface area contributed by atoms with Crippen LogP contribution in [0.5, 0.6) is 5.75 Å². The zero-order valence-corrected chi connectivity index (χ0v) is 22.6. The Labute approximate surface area is 223 Å². The van der Waals surface area contributed by atoms with Gasteiger partial charge in [0.05, 0.1) is 29.9 Å². The summed E-state index contributed by atoms with van der Waals surface area (Å²) in [6.45, 7) is 8.78. The van der Waals surface area contributed by atoms with Gasteiger partial charge in [-0.1, -0.05) is 26.0 Å². The van der Waals surface area contributed by atoms with Crippen molar-refractivity contribution < 1.29 is 4.74 Å². The van der Waals surface area contributed by atoms with Crippen LogP contribution in [0.2, 0.25) is 0 Å². The van der Waals surface area contributed by atoms with E-state index >= 15 is 0 Å². The SMILES string of the molecule is CCC1=C(C)c2cc3ccc([nH]3)c(-c3ccc(OC)cc3)c3nc(cc4[nH]c(cc1n2)c(CC)c4C)C=C3. The number of H-pyrrole nitrogens is 2. The fourth-order valence-electron chi connectivity index (χ4n) is 5.61. The summed E-state index contributed by atoms with van der Waals surface area (Å²) < 4.78 is 5.40. The highest BCUT2D eigenvalue weighted by Crippen LogP contribution is 2.34. The number of benzene rings is 1. The Morgan fingerprint density at radius 2 is 1.58 bits per heavy atom. The van der Waals surface area contributed by atoms with E-state index in [0.717, 1.165) is 74.6 Å². The lowest BCUT2D eigenvalue weighted by atomic mass is 10.0. The second-order valence-corrected chi connectivity index (χ2v) is 9.87. The number of hydrogen-bond acceptors (Lipinski definition) is 3. The summed E-state index contributed by atoms with van der Waals surface area (Å²) in [6.07, 6.45) is 6.07. The first-order valence-electron chi connectivity index (χ1n) is 13.3. The van der Waals surface area contributed by atoms with Crippen LogP contribution < -0.4 is 4.74 Å². The maximum absolute atomic E-state index is 5.40. The number of nitrogens with zero attached hydrogens (tertiary/aromatic N) is 2. The second kappa shape index (κ2) is 9.49. The molecule has 6 rings (SSSR count). The fraction of sp³-hybridized carbons (Fsp3) is 0.212. The number of ether oxygens (including phenoxy) is 1. The number of hydrogen-bond donors (Lipinski definition) is 2. The molecule has 0 aliphatic carbocycles. The molecule has 1 aromatic carbocycles. The van der Waals surface area contributed by atoms with E-state index in [2.05, 4.69) is 92.3 Å². The van der Waals surface area contributed by atoms with Crippen molar-refractivity contribution in [2.24, 2.45) is 0 Å². The predicted molar refractivity (Wildman–Crippen MR) is 159 cm³/mol. The van der Waals surface area contributed by atoms with Crippen molar-refractivity contribution in [2.75, 3.05) is 7.11 Å². The van der Waals surface area contributed by atoms with Crippen molar-refractivity contribution in [3.8, 4) is 16.9 Å². The van der Waals surface area contributed by atoms with Gasteiger partial charge < -0.3 is 14.7 Å². The number of nitrogens with one attached hydrogen (secondary N) is 2. The van der Waals surface area contributed by atoms with Gasteiger partial charge in [0.2, 0.25) is 0 Å². The Hall–Kier alpha value is -4.38. The van der Waals surface area contributed by atoms with Gasteiger partial charge in [0, 0.05) is 27.6 Å². The van der Waals surface area contributed by atoms with Gasteiger partial charge in [-0.15, -0.1) is 0 Å². The third-order valence-corrected chi connectivity index (χ3v) is 7.68. The van der Waals surface area contributed by atoms with E-state index in [1.165, 1.54) is 22.3 Å². The first-order chi connectivity index (χ1) is 18.5. The molecule has 2 aliphatic heterocycles. The van der Waals surface area contributed by atoms with E-state index < -0.39 is 0 Å². The predicted octanol–water partition coefficient (Wildman–Crippen LogP) is 8.37. The van der Waals surface area contributed by atoms with Crippen molar-refractivity contribution in [1.82, 2.24) is 19.9 Å². The van der Waals surface area contributed by atoms with Gasteiger partial charge in [-0.2, -0.15) is 0 Å². The molecular formula is C33H32N4O. The first-order valence-corrected chi connectivity index (χ1v) is 13.3. The van der Waals surface area contributed by atoms with Crippen LogP contribution in [-0.4, -0.2) is 27.0 Å². The van der Waals surface area contributed by atoms with E-state index in [-0.39, 0.29) is 0 Å². The topological polar surface area (TPSA) is 66.6 Å². The third-order valence-electron chi connectivity index (χ3n) is 7.68. The number of methoxy groups -OCH3 is 1. The minimum atomic E-state index is 0.828. The van der Waals surface area contributed by atoms with Crippen LogP contribution in [0.4, 0.5) is 0 Å². The van der Waals surface area contributed by atoms with Gasteiger partial charge in [-0.3, -0.25) is 0 Å². The summed E-state index contributed by atoms with van der Waals surface area (Å²) in [4.78, 5) is 17.5. The maximum atomic E-state index is 5.40. The molecule has 4 aromatic rings. The summed E-state index contributed by atoms with van der Waals surface area (Å²) in [5, 5.41) is 0. The van der Waals surface area contributed by atoms with Crippen LogP contribution in [0, 0.1) is 6.92 Å². The first kappa shape index (κ1) is 24.0. The van der Waals surface area contributed by atoms with Crippen molar-refractivity contribution in [3.05, 3.63) is 88.5 Å². The van der Waals surface area contributed by atoms with Crippen LogP contribution in [0.25, 0.3) is 56.5 Å². The zero-order valence-electron chi connectivity index (χ0n) is 22.6. The lowest BCUT2D eigenvalue weighted by Gasteiger charge is -2.05. The minimum absolute atomic E-state index is 0.828. The molecule has 5 nitrogen and oxygen atoms in total. The molecule has 0 atom stereocenters. The average molecular weight is 501 g/mol. The zero-order chi connectivity index (χ0) is 26.4. The molecular weight excluding hydrogens is 468 g/mol. The van der Waals surface area contributed by atoms with Gasteiger partial charge in [0.15, 0.2) is 0 Å². The molecule has 190 valence electrons. The summed E-state index contributed by atoms with van der Waals surface area (Å²) in [5.41, 5.74) is 15.3. The van der Waals surface area contributed by atoms with Gasteiger partial charge in [-0.05, 0) is 109 Å². The third kappa shape index (κ3) is 4.04. The highest BCUT2D eigenvalue weighted by molar-refractivity contribution is 5.94. The molecule has 0 saturated carbocycles. The lowest BCUT2D eigenvalue weighted by molar-refractivity contribution is 0.415. The second-order valence-electron chi connectivity index (χ2n) is 9.87. The van der Waals surface area contributed by atoms with Crippen LogP contribution in [0.1, 0.15) is 61.1 Å². The Kier molecular flexibility index (Phi) is 5.99. The molecule has 5 heterocycles. The Bertz CT molecular complexity index is 1780. The van der Waals surface area contributed by atoms with Crippen molar-refractivity contribution in [1.29, 1.82) is 0 Å². The summed E-state index contributed by atoms with van der Waals surface area (Å²) in [7, 11) is 1.69. The van der Waals surface area contributed by atoms with Gasteiger partial charge >= 0.3 is 0 Å². The van der Waals surface area contributed by atoms with Gasteiger partial charge in [0.25, 0.3) is 0 Å². The lowest BCUT2D eigenvalue weighted by Crippen LogP contribution is -1.87. The maximum Gasteiger partial charge on any atom is 0.118 e. The van der Waals surface area contributed by atoms with E-state index in [4.69, 9.17) is 14.7 Å². The average Bonchev–Trinajstić information content (AvgIpc) is 3.69. The Morgan fingerprint density at radius 1 is 0.763 bits per heavy atom. The normalized spacial score (nSPS) is 12.9. The van der Waals surface area contributed by atoms with Crippen LogP contribution in [0.15, 0.2) is 54.6 Å². The smallest absolute Gasteiger partial charge is 0.118 e. The fourth-order valence-corrected chi connectivity index (χ4v) is 5.61. The number of aromatic nitrogens is 4. The molecule has 0 amide bonds. The quantitative estimate of drug-likeness (QED) is 0.260. The number of allylic oxidation sites excluding steroid dienone is 2. The standard InChI is InChI=1S/C33H32N4O/c1-6-25-19(3)29-16-22-10-14-27(34-22)33(21-8-12-24(38-5)13-9-21)28-15-11-23(35-28)17-30-20(4)26(7-2)32(37-30)18-31(25)36-29/h8-18,34,37H,6-7H2,1-5H3. The van der Waals surface area contributed by atoms with E-state index in [1.807, 2.05) is 12.1 Å². The molecule has 3 aromatic heterocycles. The van der Waals surface area contributed by atoms with Crippen LogP contribution in [0.3, 0.4) is 0 Å². The minimum Gasteiger partial charge on any atom is -0.497 e. The van der Waals surface area contributed by atoms with E-state index in [0.29, 0.717) is 0 Å². The Balaban J connectivity index is 1.74. The van der Waals surface area contributed by atoms with E-state index in [1.54, 1.807) is 7.11 Å². The van der Waals surface area contributed by atoms with Crippen molar-refractivity contribution in [3.63, 3.8) is 0 Å². The highest BCUT2D eigenvalue weighted by Gasteiger charge is 2.17. The molecule has 38 heavy (non-hydrogen) atoms. The highest BCUT2D eigenvalue weighted by atomic mass is 16.5. The number of fused-ring (bicyclic) bond motifs is 8. The molecule has 0 fully saturated rings. The molecule has 2 aliphatic rings. The summed E-state index contributed by atoms with van der Waals surface area (Å²) >= 11 is 0. The van der Waals surface area contributed by atoms with Crippen LogP contribution in [-0.2, 0) is 6.42 Å². The van der Waals surface area contributed by atoms with E-state index in [9.17, 15) is 0 Å². The molecule has 5 heteroatoms. The molecule has 0 spiro atoms. The monoisotopic (exact) mass is 500 g/mol. The van der Waals surface area contributed by atoms with Crippen LogP contribution >= 0.6 is 0 Å². The molecule has 0 unspecified atom stereocenters. The summed E-state index contributed by atoms with van der Waals surface area (Å²) in [5.74, 6) is 0.828. The van der Waals surface area contributed by atoms with Gasteiger partial charge in [0.1, 0.15) is 5.75 Å². The summed E-state index contributed by atoms with van der Waals surface area (Å²) in [6, 6.07) is 18.9. The molecule has 2 N–H and O–H groups in total. The number of aromatic amines is 2. The number of aryl methyl sites for hydroxylation is 2. The number of rotatable bonds is 4. The molecule has 0 radical (unpaired) electrons. The van der Waals surface area contributed by atoms with Crippen molar-refractivity contribution >= 4 is 45.4 Å². The molecule has 8 bridgehead atoms.